The van der Waals surface area contributed by atoms with Crippen molar-refractivity contribution in [3.8, 4) is 40.1 Å². The molecule has 5 rings (SSSR count). The van der Waals surface area contributed by atoms with E-state index in [0.717, 1.165) is 22.6 Å². The summed E-state index contributed by atoms with van der Waals surface area (Å²) >= 11 is 0. The highest BCUT2D eigenvalue weighted by Crippen LogP contribution is 2.51. The fraction of sp³-hybridized carbons (Fsp3) is 0.206. The Morgan fingerprint density at radius 3 is 2.22 bits per heavy atom. The van der Waals surface area contributed by atoms with Gasteiger partial charge in [0.15, 0.2) is 5.78 Å². The van der Waals surface area contributed by atoms with Crippen molar-refractivity contribution < 1.29 is 34.7 Å². The van der Waals surface area contributed by atoms with Crippen LogP contribution in [0.4, 0.5) is 0 Å². The molecule has 41 heavy (non-hydrogen) atoms. The molecule has 0 saturated carbocycles. The summed E-state index contributed by atoms with van der Waals surface area (Å²) in [7, 11) is 0. The van der Waals surface area contributed by atoms with Gasteiger partial charge in [-0.3, -0.25) is 4.79 Å². The molecule has 3 aromatic carbocycles. The van der Waals surface area contributed by atoms with Crippen molar-refractivity contribution in [1.29, 1.82) is 0 Å². The maximum Gasteiger partial charge on any atom is 0.171 e. The minimum atomic E-state index is -0.784. The second kappa shape index (κ2) is 10.9. The molecule has 0 saturated heterocycles. The number of hydrogen-bond donors (Lipinski definition) is 5. The molecule has 7 heteroatoms. The van der Waals surface area contributed by atoms with Crippen LogP contribution < -0.4 is 0 Å². The quantitative estimate of drug-likeness (QED) is 0.0941. The summed E-state index contributed by atoms with van der Waals surface area (Å²) in [6, 6.07) is 13.3. The van der Waals surface area contributed by atoms with Gasteiger partial charge in [-0.05, 0) is 81.1 Å². The van der Waals surface area contributed by atoms with Gasteiger partial charge in [0.05, 0.1) is 5.56 Å². The van der Waals surface area contributed by atoms with E-state index in [-0.39, 0.29) is 51.6 Å². The molecular weight excluding hydrogens is 520 g/mol. The minimum absolute atomic E-state index is 0.0489. The van der Waals surface area contributed by atoms with Crippen LogP contribution in [-0.2, 0) is 0 Å². The van der Waals surface area contributed by atoms with Crippen molar-refractivity contribution in [3.05, 3.63) is 101 Å². The zero-order valence-electron chi connectivity index (χ0n) is 23.0. The van der Waals surface area contributed by atoms with Gasteiger partial charge in [0.25, 0.3) is 0 Å². The van der Waals surface area contributed by atoms with Gasteiger partial charge in [-0.2, -0.15) is 0 Å². The number of furan rings is 1. The number of carbonyl (C=O) groups is 1. The van der Waals surface area contributed by atoms with Crippen LogP contribution in [0, 0.1) is 11.8 Å². The van der Waals surface area contributed by atoms with Crippen molar-refractivity contribution in [1.82, 2.24) is 0 Å². The average molecular weight is 553 g/mol. The summed E-state index contributed by atoms with van der Waals surface area (Å²) in [6.07, 6.45) is 8.24. The van der Waals surface area contributed by atoms with Gasteiger partial charge < -0.3 is 29.9 Å². The Morgan fingerprint density at radius 2 is 1.56 bits per heavy atom. The van der Waals surface area contributed by atoms with Gasteiger partial charge in [0.1, 0.15) is 40.1 Å². The Labute approximate surface area is 237 Å². The molecule has 0 aliphatic heterocycles. The number of fused-ring (bicyclic) bond motifs is 1. The predicted molar refractivity (Wildman–Crippen MR) is 157 cm³/mol. The molecule has 5 N–H and O–H groups in total. The Hall–Kier alpha value is -4.91. The number of aromatic hydroxyl groups is 5. The Bertz CT molecular complexity index is 1710. The monoisotopic (exact) mass is 552 g/mol. The van der Waals surface area contributed by atoms with Crippen LogP contribution >= 0.6 is 0 Å². The van der Waals surface area contributed by atoms with E-state index in [9.17, 15) is 30.3 Å². The molecule has 4 aromatic rings. The average Bonchev–Trinajstić information content (AvgIpc) is 3.34. The lowest BCUT2D eigenvalue weighted by Crippen LogP contribution is -2.33. The highest BCUT2D eigenvalue weighted by molar-refractivity contribution is 6.02. The molecule has 0 bridgehead atoms. The molecule has 7 nitrogen and oxygen atoms in total. The second-order valence-electron chi connectivity index (χ2n) is 10.5. The van der Waals surface area contributed by atoms with Gasteiger partial charge in [-0.15, -0.1) is 0 Å². The zero-order chi connectivity index (χ0) is 29.4. The van der Waals surface area contributed by atoms with Crippen molar-refractivity contribution in [2.75, 3.05) is 0 Å². The molecule has 1 aliphatic carbocycles. The topological polar surface area (TPSA) is 131 Å². The lowest BCUT2D eigenvalue weighted by molar-refractivity contribution is 0.0862. The van der Waals surface area contributed by atoms with Crippen LogP contribution in [0.2, 0.25) is 0 Å². The molecule has 0 amide bonds. The number of allylic oxidation sites excluding steroid dienone is 6. The molecule has 0 fully saturated rings. The predicted octanol–water partition coefficient (Wildman–Crippen LogP) is 7.70. The SMILES string of the molecule is CC=CC(=CC)C1CC(C)=CC(c2c(O)cc(-c3cc4ccc(O)cc4o3)cc2O)C1C(=O)c1ccc(O)cc1O. The standard InChI is InChI=1S/C34H32O7/c1-4-6-19(5-2)25-11-18(3)12-26(32(25)34(40)24-10-9-22(35)16-27(24)37)33-28(38)13-21(14-29(33)39)30-15-20-7-8-23(36)17-31(20)41-30/h4-10,12-17,25-26,32,35-39H,11H2,1-3H3. The van der Waals surface area contributed by atoms with E-state index >= 15 is 0 Å². The largest absolute Gasteiger partial charge is 0.508 e. The molecular formula is C34H32O7. The molecule has 1 heterocycles. The third-order valence-corrected chi connectivity index (χ3v) is 7.75. The van der Waals surface area contributed by atoms with E-state index in [2.05, 4.69) is 0 Å². The summed E-state index contributed by atoms with van der Waals surface area (Å²) in [6.45, 7) is 5.74. The summed E-state index contributed by atoms with van der Waals surface area (Å²) in [5.41, 5.74) is 3.03. The smallest absolute Gasteiger partial charge is 0.171 e. The summed E-state index contributed by atoms with van der Waals surface area (Å²) in [5, 5.41) is 53.6. The maximum absolute atomic E-state index is 14.2. The molecule has 1 aliphatic rings. The van der Waals surface area contributed by atoms with Crippen molar-refractivity contribution in [2.45, 2.75) is 33.1 Å². The van der Waals surface area contributed by atoms with Gasteiger partial charge in [-0.1, -0.05) is 29.9 Å². The van der Waals surface area contributed by atoms with Crippen molar-refractivity contribution >= 4 is 16.8 Å². The van der Waals surface area contributed by atoms with E-state index < -0.39 is 11.8 Å². The molecule has 3 unspecified atom stereocenters. The Balaban J connectivity index is 1.65. The molecule has 210 valence electrons. The summed E-state index contributed by atoms with van der Waals surface area (Å²) in [4.78, 5) is 14.2. The van der Waals surface area contributed by atoms with Crippen LogP contribution in [0.5, 0.6) is 28.7 Å². The third-order valence-electron chi connectivity index (χ3n) is 7.75. The van der Waals surface area contributed by atoms with Gasteiger partial charge in [0, 0.05) is 40.5 Å². The number of rotatable bonds is 6. The van der Waals surface area contributed by atoms with Crippen LogP contribution in [0.1, 0.15) is 49.0 Å². The summed E-state index contributed by atoms with van der Waals surface area (Å²) < 4.78 is 5.87. The maximum atomic E-state index is 14.2. The van der Waals surface area contributed by atoms with E-state index in [1.165, 1.54) is 30.3 Å². The van der Waals surface area contributed by atoms with Crippen molar-refractivity contribution in [3.63, 3.8) is 0 Å². The van der Waals surface area contributed by atoms with Crippen LogP contribution in [0.3, 0.4) is 0 Å². The number of phenolic OH excluding ortho intramolecular Hbond substituents is 5. The molecule has 1 aromatic heterocycles. The van der Waals surface area contributed by atoms with E-state index in [0.29, 0.717) is 23.3 Å². The molecule has 0 spiro atoms. The third kappa shape index (κ3) is 5.18. The Morgan fingerprint density at radius 1 is 0.878 bits per heavy atom. The van der Waals surface area contributed by atoms with Crippen molar-refractivity contribution in [2.24, 2.45) is 11.8 Å². The van der Waals surface area contributed by atoms with Crippen LogP contribution in [0.15, 0.2) is 94.5 Å². The van der Waals surface area contributed by atoms with Crippen LogP contribution in [0.25, 0.3) is 22.3 Å². The normalized spacial score (nSPS) is 19.5. The number of carbonyl (C=O) groups excluding carboxylic acids is 1. The number of Topliss-reactive ketones (excluding diaryl/α,β-unsaturated/α-hetero) is 1. The highest BCUT2D eigenvalue weighted by atomic mass is 16.3. The number of ketones is 1. The van der Waals surface area contributed by atoms with E-state index in [1.54, 1.807) is 18.2 Å². The lowest BCUT2D eigenvalue weighted by Gasteiger charge is -2.37. The van der Waals surface area contributed by atoms with Crippen LogP contribution in [-0.4, -0.2) is 31.3 Å². The van der Waals surface area contributed by atoms with Gasteiger partial charge in [-0.25, -0.2) is 0 Å². The van der Waals surface area contributed by atoms with E-state index in [1.807, 2.05) is 45.1 Å². The first-order valence-electron chi connectivity index (χ1n) is 13.4. The number of hydrogen-bond acceptors (Lipinski definition) is 7. The number of phenols is 5. The highest BCUT2D eigenvalue weighted by Gasteiger charge is 2.42. The summed E-state index contributed by atoms with van der Waals surface area (Å²) in [5.74, 6) is -2.67. The van der Waals surface area contributed by atoms with Gasteiger partial charge >= 0.3 is 0 Å². The number of benzene rings is 3. The van der Waals surface area contributed by atoms with Gasteiger partial charge in [0.2, 0.25) is 0 Å². The molecule has 0 radical (unpaired) electrons. The fourth-order valence-electron chi connectivity index (χ4n) is 5.94. The van der Waals surface area contributed by atoms with E-state index in [4.69, 9.17) is 4.42 Å². The first-order valence-corrected chi connectivity index (χ1v) is 13.4. The first-order chi connectivity index (χ1) is 19.6. The molecule has 3 atom stereocenters. The Kier molecular flexibility index (Phi) is 7.37. The fourth-order valence-corrected chi connectivity index (χ4v) is 5.94. The minimum Gasteiger partial charge on any atom is -0.508 e. The zero-order valence-corrected chi connectivity index (χ0v) is 23.0. The second-order valence-corrected chi connectivity index (χ2v) is 10.5. The lowest BCUT2D eigenvalue weighted by atomic mass is 9.65. The first kappa shape index (κ1) is 27.6.